The molecule has 1 aliphatic heterocycles. The molecule has 3 rings (SSSR count). The van der Waals surface area contributed by atoms with E-state index in [0.717, 1.165) is 5.39 Å². The van der Waals surface area contributed by atoms with Gasteiger partial charge in [0.25, 0.3) is 0 Å². The number of hydrogen-bond acceptors (Lipinski definition) is 6. The van der Waals surface area contributed by atoms with Crippen LogP contribution in [0.15, 0.2) is 23.6 Å². The van der Waals surface area contributed by atoms with Crippen molar-refractivity contribution < 1.29 is 45.3 Å². The summed E-state index contributed by atoms with van der Waals surface area (Å²) >= 11 is 6.09. The van der Waals surface area contributed by atoms with E-state index >= 15 is 0 Å². The predicted molar refractivity (Wildman–Crippen MR) is 110 cm³/mol. The van der Waals surface area contributed by atoms with Gasteiger partial charge in [0.2, 0.25) is 5.88 Å². The molecule has 1 fully saturated rings. The fourth-order valence-electron chi connectivity index (χ4n) is 2.98. The third kappa shape index (κ3) is 5.47. The summed E-state index contributed by atoms with van der Waals surface area (Å²) in [6, 6.07) is 1.70. The van der Waals surface area contributed by atoms with Gasteiger partial charge in [-0.1, -0.05) is 30.6 Å². The molecule has 3 heterocycles. The molecule has 0 spiro atoms. The number of pyridine rings is 2. The first-order chi connectivity index (χ1) is 13.5. The van der Waals surface area contributed by atoms with Crippen LogP contribution in [0.5, 0.6) is 5.88 Å². The summed E-state index contributed by atoms with van der Waals surface area (Å²) in [5.74, 6) is 0.387. The topological polar surface area (TPSA) is 113 Å². The van der Waals surface area contributed by atoms with Crippen molar-refractivity contribution in [2.24, 2.45) is 5.11 Å². The number of likely N-dealkylation sites (tertiary alicyclic amines) is 1. The molecule has 9 nitrogen and oxygen atoms in total. The van der Waals surface area contributed by atoms with Gasteiger partial charge in [0.15, 0.2) is 0 Å². The molecule has 30 heavy (non-hydrogen) atoms. The van der Waals surface area contributed by atoms with E-state index in [9.17, 15) is 4.79 Å². The summed E-state index contributed by atoms with van der Waals surface area (Å²) in [4.78, 5) is 25.1. The third-order valence-corrected chi connectivity index (χ3v) is 4.64. The molecule has 0 aromatic carbocycles. The van der Waals surface area contributed by atoms with E-state index in [4.69, 9.17) is 26.6 Å². The smallest absolute Gasteiger partial charge is 1.00 e. The number of azide groups is 1. The molecule has 2 aromatic heterocycles. The maximum absolute atomic E-state index is 12.1. The zero-order valence-corrected chi connectivity index (χ0v) is 20.8. The van der Waals surface area contributed by atoms with Crippen molar-refractivity contribution in [2.75, 3.05) is 13.1 Å². The first-order valence-corrected chi connectivity index (χ1v) is 9.53. The molecule has 0 unspecified atom stereocenters. The van der Waals surface area contributed by atoms with Crippen molar-refractivity contribution in [3.63, 3.8) is 0 Å². The minimum Gasteiger partial charge on any atom is -1.00 e. The minimum atomic E-state index is -0.826. The van der Waals surface area contributed by atoms with Gasteiger partial charge in [-0.25, -0.2) is 14.8 Å². The Morgan fingerprint density at radius 2 is 1.93 bits per heavy atom. The van der Waals surface area contributed by atoms with E-state index in [1.807, 2.05) is 20.8 Å². The van der Waals surface area contributed by atoms with Gasteiger partial charge in [-0.2, -0.15) is 0 Å². The molecular formula is C19H24ClN6NaO3. The molecule has 0 atom stereocenters. The van der Waals surface area contributed by atoms with E-state index in [2.05, 4.69) is 20.0 Å². The Balaban J connectivity index is 0.00000240. The Kier molecular flexibility index (Phi) is 7.48. The molecule has 11 heteroatoms. The van der Waals surface area contributed by atoms with Crippen LogP contribution in [0.1, 0.15) is 41.6 Å². The average molecular weight is 443 g/mol. The number of amides is 1. The number of hydrogen-bond donors (Lipinski definition) is 0. The summed E-state index contributed by atoms with van der Waals surface area (Å²) in [6.45, 7) is 9.88. The normalized spacial score (nSPS) is 14.4. The van der Waals surface area contributed by atoms with Crippen LogP contribution in [0.3, 0.4) is 0 Å². The van der Waals surface area contributed by atoms with Crippen LogP contribution in [0.4, 0.5) is 4.79 Å². The number of fused-ring (bicyclic) bond motifs is 1. The molecule has 0 saturated carbocycles. The first-order valence-electron chi connectivity index (χ1n) is 9.16. The molecule has 156 valence electrons. The Morgan fingerprint density at radius 3 is 2.53 bits per heavy atom. The number of halogens is 1. The van der Waals surface area contributed by atoms with Crippen LogP contribution in [0.25, 0.3) is 21.2 Å². The van der Waals surface area contributed by atoms with Gasteiger partial charge in [0.1, 0.15) is 16.9 Å². The number of rotatable bonds is 4. The van der Waals surface area contributed by atoms with Crippen molar-refractivity contribution in [1.82, 2.24) is 14.9 Å². The third-order valence-electron chi connectivity index (χ3n) is 4.43. The van der Waals surface area contributed by atoms with E-state index < -0.39 is 11.1 Å². The quantitative estimate of drug-likeness (QED) is 0.236. The molecule has 0 aliphatic carbocycles. The molecular weight excluding hydrogens is 419 g/mol. The summed E-state index contributed by atoms with van der Waals surface area (Å²) < 4.78 is 11.3. The zero-order valence-electron chi connectivity index (χ0n) is 19.0. The number of carbonyl (C=O) groups excluding carboxylic acids is 1. The maximum atomic E-state index is 12.1. The SMILES string of the molecule is CC(C)(C)OC(=O)N1CC(Oc2ncc(C(C)(C)N=[N+]=[N-])c3cc(Cl)ncc23)C1.[H-].[Na+]. The van der Waals surface area contributed by atoms with Crippen LogP contribution >= 0.6 is 11.6 Å². The van der Waals surface area contributed by atoms with Crippen LogP contribution in [0.2, 0.25) is 5.15 Å². The van der Waals surface area contributed by atoms with Crippen LogP contribution in [-0.4, -0.2) is 45.8 Å². The van der Waals surface area contributed by atoms with Gasteiger partial charge >= 0.3 is 35.7 Å². The Bertz CT molecular complexity index is 1000. The summed E-state index contributed by atoms with van der Waals surface area (Å²) in [7, 11) is 0. The van der Waals surface area contributed by atoms with Crippen molar-refractivity contribution in [3.05, 3.63) is 39.6 Å². The zero-order chi connectivity index (χ0) is 21.4. The second-order valence-electron chi connectivity index (χ2n) is 8.40. The monoisotopic (exact) mass is 442 g/mol. The Labute approximate surface area is 203 Å². The summed E-state index contributed by atoms with van der Waals surface area (Å²) in [5, 5.41) is 5.58. The molecule has 1 saturated heterocycles. The molecule has 0 radical (unpaired) electrons. The van der Waals surface area contributed by atoms with Crippen LogP contribution < -0.4 is 34.3 Å². The number of carbonyl (C=O) groups is 1. The van der Waals surface area contributed by atoms with Crippen molar-refractivity contribution in [2.45, 2.75) is 51.9 Å². The standard InChI is InChI=1S/C19H23ClN6O3.Na.H/c1-18(2,3)29-17(27)26-9-11(10-26)28-16-13-7-22-15(20)6-12(13)14(8-23-16)19(4,5)24-25-21;;/h6-8,11H,9-10H2,1-5H3;;/q;+1;-1. The number of nitrogens with zero attached hydrogens (tertiary/aromatic N) is 6. The fourth-order valence-corrected chi connectivity index (χ4v) is 3.14. The largest absolute Gasteiger partial charge is 1.00 e. The van der Waals surface area contributed by atoms with Gasteiger partial charge in [-0.05, 0) is 43.3 Å². The maximum Gasteiger partial charge on any atom is 1.00 e. The van der Waals surface area contributed by atoms with Crippen molar-refractivity contribution in [3.8, 4) is 5.88 Å². The van der Waals surface area contributed by atoms with E-state index in [1.54, 1.807) is 37.2 Å². The molecule has 0 bridgehead atoms. The van der Waals surface area contributed by atoms with Crippen molar-refractivity contribution >= 4 is 28.5 Å². The predicted octanol–water partition coefficient (Wildman–Crippen LogP) is 1.94. The first kappa shape index (κ1) is 24.5. The van der Waals surface area contributed by atoms with Gasteiger partial charge in [0.05, 0.1) is 24.0 Å². The second kappa shape index (κ2) is 9.16. The molecule has 2 aromatic rings. The Morgan fingerprint density at radius 1 is 1.27 bits per heavy atom. The van der Waals surface area contributed by atoms with E-state index in [-0.39, 0.29) is 43.2 Å². The second-order valence-corrected chi connectivity index (χ2v) is 8.79. The fraction of sp³-hybridized carbons (Fsp3) is 0.526. The van der Waals surface area contributed by atoms with E-state index in [0.29, 0.717) is 35.1 Å². The van der Waals surface area contributed by atoms with Gasteiger partial charge in [0, 0.05) is 17.3 Å². The minimum absolute atomic E-state index is 0. The number of aromatic nitrogens is 2. The van der Waals surface area contributed by atoms with Crippen LogP contribution in [-0.2, 0) is 10.3 Å². The summed E-state index contributed by atoms with van der Waals surface area (Å²) in [6.07, 6.45) is 2.63. The molecule has 1 aliphatic rings. The van der Waals surface area contributed by atoms with E-state index in [1.165, 1.54) is 0 Å². The molecule has 0 N–H and O–H groups in total. The van der Waals surface area contributed by atoms with Gasteiger partial charge < -0.3 is 15.8 Å². The average Bonchev–Trinajstić information content (AvgIpc) is 2.55. The number of ether oxygens (including phenoxy) is 2. The summed E-state index contributed by atoms with van der Waals surface area (Å²) in [5.41, 5.74) is 8.22. The van der Waals surface area contributed by atoms with Crippen LogP contribution in [0, 0.1) is 0 Å². The Hall–Kier alpha value is -1.77. The van der Waals surface area contributed by atoms with Gasteiger partial charge in [-0.3, -0.25) is 0 Å². The molecule has 1 amide bonds. The van der Waals surface area contributed by atoms with Gasteiger partial charge in [-0.15, -0.1) is 0 Å². The van der Waals surface area contributed by atoms with Crippen molar-refractivity contribution in [1.29, 1.82) is 0 Å².